The van der Waals surface area contributed by atoms with Crippen molar-refractivity contribution in [1.82, 2.24) is 0 Å². The topological polar surface area (TPSA) is 43.4 Å². The van der Waals surface area contributed by atoms with E-state index in [2.05, 4.69) is 13.5 Å². The van der Waals surface area contributed by atoms with E-state index in [1.54, 1.807) is 13.2 Å². The zero-order valence-electron chi connectivity index (χ0n) is 9.75. The SMILES string of the molecule is C=C(C)C(=O)OCC(CCCC)S(C)=O. The second-order valence-corrected chi connectivity index (χ2v) is 5.31. The van der Waals surface area contributed by atoms with E-state index in [0.29, 0.717) is 5.57 Å². The number of carbonyl (C=O) groups excluding carboxylic acids is 1. The van der Waals surface area contributed by atoms with Gasteiger partial charge in [0.15, 0.2) is 0 Å². The van der Waals surface area contributed by atoms with Crippen LogP contribution >= 0.6 is 0 Å². The van der Waals surface area contributed by atoms with Crippen LogP contribution in [0.15, 0.2) is 12.2 Å². The maximum Gasteiger partial charge on any atom is 0.333 e. The molecule has 0 aromatic heterocycles. The van der Waals surface area contributed by atoms with Crippen molar-refractivity contribution < 1.29 is 13.7 Å². The molecule has 0 heterocycles. The summed E-state index contributed by atoms with van der Waals surface area (Å²) in [4.78, 5) is 11.1. The molecule has 0 rings (SSSR count). The van der Waals surface area contributed by atoms with Crippen molar-refractivity contribution in [3.05, 3.63) is 12.2 Å². The van der Waals surface area contributed by atoms with E-state index < -0.39 is 16.8 Å². The van der Waals surface area contributed by atoms with Gasteiger partial charge in [-0.15, -0.1) is 0 Å². The summed E-state index contributed by atoms with van der Waals surface area (Å²) in [6.07, 6.45) is 4.55. The Morgan fingerprint density at radius 2 is 2.13 bits per heavy atom. The molecular formula is C11H20O3S. The maximum absolute atomic E-state index is 11.3. The molecule has 0 bridgehead atoms. The van der Waals surface area contributed by atoms with Crippen LogP contribution < -0.4 is 0 Å². The van der Waals surface area contributed by atoms with E-state index >= 15 is 0 Å². The Hall–Kier alpha value is -0.640. The lowest BCUT2D eigenvalue weighted by Gasteiger charge is -2.13. The fourth-order valence-corrected chi connectivity index (χ4v) is 1.83. The standard InChI is InChI=1S/C11H20O3S/c1-5-6-7-10(15(4)13)8-14-11(12)9(2)3/h10H,2,5-8H2,1,3-4H3. The molecule has 0 saturated carbocycles. The van der Waals surface area contributed by atoms with E-state index in [9.17, 15) is 9.00 Å². The van der Waals surface area contributed by atoms with E-state index in [0.717, 1.165) is 19.3 Å². The first-order valence-electron chi connectivity index (χ1n) is 5.13. The van der Waals surface area contributed by atoms with E-state index in [1.165, 1.54) is 0 Å². The quantitative estimate of drug-likeness (QED) is 0.498. The predicted molar refractivity (Wildman–Crippen MR) is 63.2 cm³/mol. The molecule has 15 heavy (non-hydrogen) atoms. The minimum Gasteiger partial charge on any atom is -0.461 e. The molecule has 0 aliphatic rings. The molecule has 0 spiro atoms. The first-order chi connectivity index (χ1) is 6.99. The number of unbranched alkanes of at least 4 members (excludes halogenated alkanes) is 1. The van der Waals surface area contributed by atoms with Gasteiger partial charge in [0, 0.05) is 22.6 Å². The summed E-state index contributed by atoms with van der Waals surface area (Å²) in [6.45, 7) is 7.40. The summed E-state index contributed by atoms with van der Waals surface area (Å²) < 4.78 is 16.3. The van der Waals surface area contributed by atoms with Gasteiger partial charge in [0.05, 0.1) is 5.25 Å². The Morgan fingerprint density at radius 3 is 2.53 bits per heavy atom. The molecule has 2 atom stereocenters. The number of hydrogen-bond donors (Lipinski definition) is 0. The summed E-state index contributed by atoms with van der Waals surface area (Å²) >= 11 is 0. The van der Waals surface area contributed by atoms with Gasteiger partial charge in [-0.3, -0.25) is 4.21 Å². The van der Waals surface area contributed by atoms with Crippen LogP contribution in [0.1, 0.15) is 33.1 Å². The lowest BCUT2D eigenvalue weighted by molar-refractivity contribution is -0.138. The summed E-state index contributed by atoms with van der Waals surface area (Å²) in [5, 5.41) is -0.0479. The highest BCUT2D eigenvalue weighted by molar-refractivity contribution is 7.84. The average molecular weight is 232 g/mol. The van der Waals surface area contributed by atoms with Crippen molar-refractivity contribution in [3.8, 4) is 0 Å². The van der Waals surface area contributed by atoms with Gasteiger partial charge in [-0.2, -0.15) is 0 Å². The molecule has 0 amide bonds. The van der Waals surface area contributed by atoms with Crippen LogP contribution in [0.2, 0.25) is 0 Å². The second-order valence-electron chi connectivity index (χ2n) is 3.64. The third kappa shape index (κ3) is 6.44. The van der Waals surface area contributed by atoms with Crippen LogP contribution in [0.4, 0.5) is 0 Å². The van der Waals surface area contributed by atoms with Crippen LogP contribution in [0, 0.1) is 0 Å². The average Bonchev–Trinajstić information content (AvgIpc) is 2.16. The largest absolute Gasteiger partial charge is 0.461 e. The Kier molecular flexibility index (Phi) is 7.30. The third-order valence-electron chi connectivity index (χ3n) is 2.10. The first kappa shape index (κ1) is 14.4. The molecule has 0 fully saturated rings. The van der Waals surface area contributed by atoms with Gasteiger partial charge in [-0.25, -0.2) is 4.79 Å². The number of ether oxygens (including phenoxy) is 1. The molecule has 0 aliphatic heterocycles. The van der Waals surface area contributed by atoms with Crippen molar-refractivity contribution in [3.63, 3.8) is 0 Å². The monoisotopic (exact) mass is 232 g/mol. The van der Waals surface area contributed by atoms with Crippen molar-refractivity contribution in [2.75, 3.05) is 12.9 Å². The smallest absolute Gasteiger partial charge is 0.333 e. The Labute approximate surface area is 94.3 Å². The van der Waals surface area contributed by atoms with Gasteiger partial charge in [0.25, 0.3) is 0 Å². The summed E-state index contributed by atoms with van der Waals surface area (Å²) in [7, 11) is -0.941. The van der Waals surface area contributed by atoms with Crippen LogP contribution in [0.5, 0.6) is 0 Å². The lowest BCUT2D eigenvalue weighted by Crippen LogP contribution is -2.23. The number of rotatable bonds is 7. The molecule has 3 nitrogen and oxygen atoms in total. The minimum absolute atomic E-state index is 0.0479. The third-order valence-corrected chi connectivity index (χ3v) is 3.41. The summed E-state index contributed by atoms with van der Waals surface area (Å²) in [5.41, 5.74) is 0.381. The molecule has 0 saturated heterocycles. The highest BCUT2D eigenvalue weighted by Gasteiger charge is 2.15. The second kappa shape index (κ2) is 7.63. The Morgan fingerprint density at radius 1 is 1.53 bits per heavy atom. The molecular weight excluding hydrogens is 212 g/mol. The number of hydrogen-bond acceptors (Lipinski definition) is 3. The van der Waals surface area contributed by atoms with Crippen LogP contribution in [0.3, 0.4) is 0 Å². The van der Waals surface area contributed by atoms with Gasteiger partial charge in [0.1, 0.15) is 6.61 Å². The van der Waals surface area contributed by atoms with Crippen LogP contribution in [-0.4, -0.2) is 28.3 Å². The van der Waals surface area contributed by atoms with Gasteiger partial charge in [-0.1, -0.05) is 26.3 Å². The number of carbonyl (C=O) groups is 1. The van der Waals surface area contributed by atoms with Gasteiger partial charge >= 0.3 is 5.97 Å². The van der Waals surface area contributed by atoms with Gasteiger partial charge in [0.2, 0.25) is 0 Å². The zero-order valence-corrected chi connectivity index (χ0v) is 10.6. The normalized spacial score (nSPS) is 14.3. The van der Waals surface area contributed by atoms with Gasteiger partial charge < -0.3 is 4.74 Å². The van der Waals surface area contributed by atoms with Crippen molar-refractivity contribution in [2.24, 2.45) is 0 Å². The molecule has 0 aromatic carbocycles. The molecule has 88 valence electrons. The number of esters is 1. The fourth-order valence-electron chi connectivity index (χ4n) is 1.07. The van der Waals surface area contributed by atoms with E-state index in [1.807, 2.05) is 0 Å². The molecule has 0 aromatic rings. The van der Waals surface area contributed by atoms with E-state index in [-0.39, 0.29) is 11.9 Å². The van der Waals surface area contributed by atoms with Crippen molar-refractivity contribution in [2.45, 2.75) is 38.4 Å². The summed E-state index contributed by atoms with van der Waals surface area (Å²) in [6, 6.07) is 0. The van der Waals surface area contributed by atoms with E-state index in [4.69, 9.17) is 4.74 Å². The first-order valence-corrected chi connectivity index (χ1v) is 6.76. The molecule has 0 radical (unpaired) electrons. The lowest BCUT2D eigenvalue weighted by atomic mass is 10.2. The zero-order chi connectivity index (χ0) is 11.8. The molecule has 2 unspecified atom stereocenters. The van der Waals surface area contributed by atoms with Crippen LogP contribution in [-0.2, 0) is 20.3 Å². The maximum atomic E-state index is 11.3. The van der Waals surface area contributed by atoms with Gasteiger partial charge in [-0.05, 0) is 13.3 Å². The Balaban J connectivity index is 4.01. The predicted octanol–water partition coefficient (Wildman–Crippen LogP) is 2.04. The fraction of sp³-hybridized carbons (Fsp3) is 0.727. The van der Waals surface area contributed by atoms with Crippen LogP contribution in [0.25, 0.3) is 0 Å². The minimum atomic E-state index is -0.941. The molecule has 0 aliphatic carbocycles. The van der Waals surface area contributed by atoms with Crippen molar-refractivity contribution >= 4 is 16.8 Å². The summed E-state index contributed by atoms with van der Waals surface area (Å²) in [5.74, 6) is -0.401. The molecule has 4 heteroatoms. The highest BCUT2D eigenvalue weighted by Crippen LogP contribution is 2.08. The highest BCUT2D eigenvalue weighted by atomic mass is 32.2. The van der Waals surface area contributed by atoms with Crippen molar-refractivity contribution in [1.29, 1.82) is 0 Å². The Bertz CT molecular complexity index is 248. The molecule has 0 N–H and O–H groups in total.